The van der Waals surface area contributed by atoms with Gasteiger partial charge in [-0.3, -0.25) is 4.98 Å². The highest BCUT2D eigenvalue weighted by Crippen LogP contribution is 2.18. The number of halogens is 3. The van der Waals surface area contributed by atoms with Crippen LogP contribution in [-0.4, -0.2) is 15.1 Å². The Morgan fingerprint density at radius 1 is 0.895 bits per heavy atom. The lowest BCUT2D eigenvalue weighted by atomic mass is 10.1. The minimum absolute atomic E-state index is 0.681. The molecular weight excluding hydrogens is 440 g/mol. The smallest absolute Gasteiger partial charge is 0.106 e. The van der Waals surface area contributed by atoms with Crippen molar-refractivity contribution in [3.8, 4) is 0 Å². The minimum atomic E-state index is -0.847. The first-order valence-electron chi connectivity index (χ1n) is 5.40. The lowest BCUT2D eigenvalue weighted by Gasteiger charge is -2.15. The Balaban J connectivity index is 0.000000200. The summed E-state index contributed by atoms with van der Waals surface area (Å²) >= 11 is 9.74. The summed E-state index contributed by atoms with van der Waals surface area (Å²) in [5, 5.41) is 9.50. The van der Waals surface area contributed by atoms with Gasteiger partial charge < -0.3 is 5.11 Å². The van der Waals surface area contributed by atoms with E-state index >= 15 is 0 Å². The standard InChI is InChI=1S/C8H10BrNO.C5H3Br2N/c1-8(2,11)7-4-3-6(9)5-10-7;6-4-1-2-5(7)8-3-4/h3-5,11H,1-2H3;1-3H. The van der Waals surface area contributed by atoms with Gasteiger partial charge in [-0.2, -0.15) is 0 Å². The number of hydrogen-bond acceptors (Lipinski definition) is 3. The van der Waals surface area contributed by atoms with Crippen LogP contribution >= 0.6 is 47.8 Å². The predicted octanol–water partition coefficient (Wildman–Crippen LogP) is 4.68. The summed E-state index contributed by atoms with van der Waals surface area (Å²) in [7, 11) is 0. The van der Waals surface area contributed by atoms with Gasteiger partial charge >= 0.3 is 0 Å². The Bertz CT molecular complexity index is 486. The van der Waals surface area contributed by atoms with Crippen LogP contribution in [0.2, 0.25) is 0 Å². The molecule has 19 heavy (non-hydrogen) atoms. The van der Waals surface area contributed by atoms with Gasteiger partial charge in [0.2, 0.25) is 0 Å². The van der Waals surface area contributed by atoms with Gasteiger partial charge in [0.05, 0.1) is 5.69 Å². The van der Waals surface area contributed by atoms with Crippen molar-refractivity contribution in [2.75, 3.05) is 0 Å². The zero-order valence-electron chi connectivity index (χ0n) is 10.4. The van der Waals surface area contributed by atoms with Gasteiger partial charge in [0.15, 0.2) is 0 Å². The SMILES string of the molecule is Brc1ccc(Br)nc1.CC(C)(O)c1ccc(Br)cn1. The minimum Gasteiger partial charge on any atom is -0.384 e. The fourth-order valence-corrected chi connectivity index (χ4v) is 1.80. The van der Waals surface area contributed by atoms with E-state index in [1.54, 1.807) is 32.3 Å². The third kappa shape index (κ3) is 6.61. The molecule has 0 aromatic carbocycles. The normalized spacial score (nSPS) is 10.6. The average Bonchev–Trinajstić information content (AvgIpc) is 2.33. The molecule has 102 valence electrons. The van der Waals surface area contributed by atoms with Crippen LogP contribution < -0.4 is 0 Å². The van der Waals surface area contributed by atoms with Crippen LogP contribution in [0.3, 0.4) is 0 Å². The Morgan fingerprint density at radius 3 is 1.74 bits per heavy atom. The van der Waals surface area contributed by atoms with Crippen LogP contribution in [0.1, 0.15) is 19.5 Å². The Labute approximate surface area is 137 Å². The Morgan fingerprint density at radius 2 is 1.42 bits per heavy atom. The van der Waals surface area contributed by atoms with E-state index < -0.39 is 5.60 Å². The zero-order valence-corrected chi connectivity index (χ0v) is 15.2. The zero-order chi connectivity index (χ0) is 14.5. The molecule has 2 aromatic rings. The van der Waals surface area contributed by atoms with E-state index in [-0.39, 0.29) is 0 Å². The largest absolute Gasteiger partial charge is 0.384 e. The van der Waals surface area contributed by atoms with Gasteiger partial charge in [-0.25, -0.2) is 4.98 Å². The van der Waals surface area contributed by atoms with Crippen molar-refractivity contribution in [1.82, 2.24) is 9.97 Å². The van der Waals surface area contributed by atoms with Crippen LogP contribution in [0.5, 0.6) is 0 Å². The van der Waals surface area contributed by atoms with E-state index in [4.69, 9.17) is 0 Å². The van der Waals surface area contributed by atoms with Crippen molar-refractivity contribution in [3.05, 3.63) is 55.9 Å². The van der Waals surface area contributed by atoms with Gasteiger partial charge in [0, 0.05) is 21.3 Å². The van der Waals surface area contributed by atoms with Crippen molar-refractivity contribution in [2.24, 2.45) is 0 Å². The molecule has 0 unspecified atom stereocenters. The number of aliphatic hydroxyl groups is 1. The second-order valence-corrected chi connectivity index (χ2v) is 6.86. The monoisotopic (exact) mass is 450 g/mol. The Hall–Kier alpha value is -0.300. The molecule has 0 atom stereocenters. The van der Waals surface area contributed by atoms with Crippen molar-refractivity contribution in [1.29, 1.82) is 0 Å². The summed E-state index contributed by atoms with van der Waals surface area (Å²) in [5.41, 5.74) is -0.165. The molecule has 0 aliphatic carbocycles. The van der Waals surface area contributed by atoms with Crippen molar-refractivity contribution < 1.29 is 5.11 Å². The molecular formula is C13H13Br3N2O. The van der Waals surface area contributed by atoms with Crippen molar-refractivity contribution in [2.45, 2.75) is 19.4 Å². The number of aromatic nitrogens is 2. The van der Waals surface area contributed by atoms with E-state index in [0.29, 0.717) is 5.69 Å². The molecule has 0 bridgehead atoms. The van der Waals surface area contributed by atoms with E-state index in [0.717, 1.165) is 13.5 Å². The maximum Gasteiger partial charge on any atom is 0.106 e. The summed E-state index contributed by atoms with van der Waals surface area (Å²) in [6, 6.07) is 7.46. The van der Waals surface area contributed by atoms with Gasteiger partial charge in [-0.15, -0.1) is 0 Å². The first kappa shape index (κ1) is 16.8. The van der Waals surface area contributed by atoms with Crippen molar-refractivity contribution in [3.63, 3.8) is 0 Å². The molecule has 0 amide bonds. The molecule has 0 saturated carbocycles. The first-order chi connectivity index (χ1) is 8.79. The number of rotatable bonds is 1. The molecule has 2 rings (SSSR count). The molecule has 2 aromatic heterocycles. The van der Waals surface area contributed by atoms with E-state index in [1.807, 2.05) is 18.2 Å². The second-order valence-electron chi connectivity index (χ2n) is 4.22. The highest BCUT2D eigenvalue weighted by atomic mass is 79.9. The predicted molar refractivity (Wildman–Crippen MR) is 86.8 cm³/mol. The lowest BCUT2D eigenvalue weighted by Crippen LogP contribution is -2.16. The quantitative estimate of drug-likeness (QED) is 0.639. The first-order valence-corrected chi connectivity index (χ1v) is 7.78. The van der Waals surface area contributed by atoms with Crippen molar-refractivity contribution >= 4 is 47.8 Å². The van der Waals surface area contributed by atoms with Crippen LogP contribution in [0, 0.1) is 0 Å². The van der Waals surface area contributed by atoms with Crippen LogP contribution in [0.25, 0.3) is 0 Å². The summed E-state index contributed by atoms with van der Waals surface area (Å²) in [6.45, 7) is 3.42. The van der Waals surface area contributed by atoms with Gasteiger partial charge in [-0.05, 0) is 85.9 Å². The van der Waals surface area contributed by atoms with Gasteiger partial charge in [0.1, 0.15) is 10.2 Å². The molecule has 0 aliphatic heterocycles. The summed E-state index contributed by atoms with van der Waals surface area (Å²) < 4.78 is 2.78. The van der Waals surface area contributed by atoms with Gasteiger partial charge in [-0.1, -0.05) is 0 Å². The maximum absolute atomic E-state index is 9.50. The number of nitrogens with zero attached hydrogens (tertiary/aromatic N) is 2. The third-order valence-electron chi connectivity index (χ3n) is 2.05. The summed E-state index contributed by atoms with van der Waals surface area (Å²) in [4.78, 5) is 8.00. The molecule has 1 N–H and O–H groups in total. The molecule has 2 heterocycles. The van der Waals surface area contributed by atoms with Crippen LogP contribution in [0.15, 0.2) is 50.2 Å². The number of pyridine rings is 2. The summed E-state index contributed by atoms with van der Waals surface area (Å²) in [5.74, 6) is 0. The lowest BCUT2D eigenvalue weighted by molar-refractivity contribution is 0.0738. The van der Waals surface area contributed by atoms with E-state index in [9.17, 15) is 5.11 Å². The number of hydrogen-bond donors (Lipinski definition) is 1. The maximum atomic E-state index is 9.50. The van der Waals surface area contributed by atoms with Crippen LogP contribution in [0.4, 0.5) is 0 Å². The molecule has 0 radical (unpaired) electrons. The molecule has 0 fully saturated rings. The topological polar surface area (TPSA) is 46.0 Å². The highest BCUT2D eigenvalue weighted by molar-refractivity contribution is 9.11. The van der Waals surface area contributed by atoms with E-state index in [2.05, 4.69) is 57.8 Å². The molecule has 0 aliphatic rings. The third-order valence-corrected chi connectivity index (χ3v) is 3.45. The molecule has 0 saturated heterocycles. The van der Waals surface area contributed by atoms with Crippen LogP contribution in [-0.2, 0) is 5.60 Å². The average molecular weight is 453 g/mol. The second kappa shape index (κ2) is 7.47. The summed E-state index contributed by atoms with van der Waals surface area (Å²) in [6.07, 6.45) is 3.41. The molecule has 0 spiro atoms. The Kier molecular flexibility index (Phi) is 6.59. The fraction of sp³-hybridized carbons (Fsp3) is 0.231. The fourth-order valence-electron chi connectivity index (χ4n) is 1.10. The van der Waals surface area contributed by atoms with E-state index in [1.165, 1.54) is 0 Å². The highest BCUT2D eigenvalue weighted by Gasteiger charge is 2.16. The molecule has 6 heteroatoms. The van der Waals surface area contributed by atoms with Gasteiger partial charge in [0.25, 0.3) is 0 Å². The molecule has 3 nitrogen and oxygen atoms in total.